The summed E-state index contributed by atoms with van der Waals surface area (Å²) in [5.74, 6) is -0.951. The molecule has 1 aromatic carbocycles. The summed E-state index contributed by atoms with van der Waals surface area (Å²) in [5.41, 5.74) is 1.60. The molecule has 2 aromatic rings. The van der Waals surface area contributed by atoms with Crippen molar-refractivity contribution in [2.24, 2.45) is 0 Å². The number of carbonyl (C=O) groups is 2. The van der Waals surface area contributed by atoms with Crippen molar-refractivity contribution in [3.8, 4) is 0 Å². The molecule has 1 aromatic heterocycles. The monoisotopic (exact) mass is 338 g/mol. The number of hydrogen-bond acceptors (Lipinski definition) is 3. The molecule has 5 nitrogen and oxygen atoms in total. The first-order valence-electron chi connectivity index (χ1n) is 8.58. The summed E-state index contributed by atoms with van der Waals surface area (Å²) in [7, 11) is 1.81. The molecule has 1 aliphatic carbocycles. The highest BCUT2D eigenvalue weighted by molar-refractivity contribution is 5.97. The summed E-state index contributed by atoms with van der Waals surface area (Å²) >= 11 is 0. The van der Waals surface area contributed by atoms with Gasteiger partial charge in [-0.15, -0.1) is 0 Å². The number of rotatable bonds is 4. The number of aromatic carboxylic acids is 1. The average Bonchev–Trinajstić information content (AvgIpc) is 2.67. The molecule has 0 radical (unpaired) electrons. The molecule has 1 heterocycles. The summed E-state index contributed by atoms with van der Waals surface area (Å²) in [6.45, 7) is 0. The van der Waals surface area contributed by atoms with E-state index in [1.807, 2.05) is 25.2 Å². The van der Waals surface area contributed by atoms with E-state index < -0.39 is 5.97 Å². The van der Waals surface area contributed by atoms with E-state index in [0.717, 1.165) is 25.7 Å². The molecule has 1 N–H and O–H groups in total. The van der Waals surface area contributed by atoms with Crippen molar-refractivity contribution >= 4 is 11.9 Å². The first-order valence-corrected chi connectivity index (χ1v) is 8.58. The Kier molecular flexibility index (Phi) is 5.12. The number of benzene rings is 1. The highest BCUT2D eigenvalue weighted by Gasteiger charge is 2.32. The van der Waals surface area contributed by atoms with E-state index in [9.17, 15) is 9.59 Å². The van der Waals surface area contributed by atoms with E-state index >= 15 is 0 Å². The molecule has 25 heavy (non-hydrogen) atoms. The molecule has 1 fully saturated rings. The van der Waals surface area contributed by atoms with Gasteiger partial charge in [-0.2, -0.15) is 0 Å². The lowest BCUT2D eigenvalue weighted by molar-refractivity contribution is 0.0669. The Hall–Kier alpha value is -2.69. The average molecular weight is 338 g/mol. The van der Waals surface area contributed by atoms with E-state index in [1.165, 1.54) is 24.0 Å². The van der Waals surface area contributed by atoms with Crippen LogP contribution in [0, 0.1) is 0 Å². The van der Waals surface area contributed by atoms with Crippen LogP contribution in [0.3, 0.4) is 0 Å². The van der Waals surface area contributed by atoms with Crippen LogP contribution >= 0.6 is 0 Å². The number of carboxylic acid groups (broad SMARTS) is 1. The summed E-state index contributed by atoms with van der Waals surface area (Å²) in [5, 5.41) is 9.10. The number of amides is 1. The molecule has 1 aliphatic rings. The second kappa shape index (κ2) is 7.47. The van der Waals surface area contributed by atoms with Crippen molar-refractivity contribution in [2.45, 2.75) is 37.6 Å². The minimum atomic E-state index is -1.08. The minimum absolute atomic E-state index is 0.0301. The lowest BCUT2D eigenvalue weighted by Crippen LogP contribution is -2.42. The smallest absolute Gasteiger partial charge is 0.337 e. The third-order valence-electron chi connectivity index (χ3n) is 5.01. The molecule has 1 saturated carbocycles. The maximum absolute atomic E-state index is 12.9. The first-order chi connectivity index (χ1) is 12.1. The number of likely N-dealkylation sites (N-methyl/N-ethyl adjacent to an activating group) is 1. The topological polar surface area (TPSA) is 70.5 Å². The Morgan fingerprint density at radius 3 is 2.48 bits per heavy atom. The Balaban J connectivity index is 1.85. The Labute approximate surface area is 147 Å². The largest absolute Gasteiger partial charge is 0.478 e. The molecule has 2 unspecified atom stereocenters. The van der Waals surface area contributed by atoms with Gasteiger partial charge in [0.15, 0.2) is 0 Å². The van der Waals surface area contributed by atoms with E-state index in [4.69, 9.17) is 5.11 Å². The van der Waals surface area contributed by atoms with Crippen LogP contribution in [0.2, 0.25) is 0 Å². The van der Waals surface area contributed by atoms with Gasteiger partial charge in [0.25, 0.3) is 5.91 Å². The van der Waals surface area contributed by atoms with Gasteiger partial charge in [-0.3, -0.25) is 9.78 Å². The van der Waals surface area contributed by atoms with Crippen molar-refractivity contribution in [3.63, 3.8) is 0 Å². The number of carboxylic acids is 1. The number of aromatic nitrogens is 1. The fraction of sp³-hybridized carbons (Fsp3) is 0.350. The van der Waals surface area contributed by atoms with Gasteiger partial charge in [-0.25, -0.2) is 4.79 Å². The van der Waals surface area contributed by atoms with Gasteiger partial charge >= 0.3 is 5.97 Å². The fourth-order valence-corrected chi connectivity index (χ4v) is 3.69. The van der Waals surface area contributed by atoms with E-state index in [2.05, 4.69) is 17.1 Å². The molecule has 0 spiro atoms. The predicted molar refractivity (Wildman–Crippen MR) is 94.7 cm³/mol. The van der Waals surface area contributed by atoms with Crippen LogP contribution in [-0.2, 0) is 0 Å². The highest BCUT2D eigenvalue weighted by Crippen LogP contribution is 2.36. The van der Waals surface area contributed by atoms with Crippen LogP contribution in [0.1, 0.15) is 57.9 Å². The zero-order chi connectivity index (χ0) is 17.8. The Morgan fingerprint density at radius 1 is 1.08 bits per heavy atom. The zero-order valence-corrected chi connectivity index (χ0v) is 14.3. The van der Waals surface area contributed by atoms with Gasteiger partial charge in [0.05, 0.1) is 11.1 Å². The van der Waals surface area contributed by atoms with Crippen molar-refractivity contribution in [2.75, 3.05) is 7.05 Å². The van der Waals surface area contributed by atoms with Crippen molar-refractivity contribution < 1.29 is 14.7 Å². The molecule has 130 valence electrons. The Bertz CT molecular complexity index is 761. The maximum atomic E-state index is 12.9. The van der Waals surface area contributed by atoms with Crippen LogP contribution < -0.4 is 0 Å². The van der Waals surface area contributed by atoms with Gasteiger partial charge in [-0.05, 0) is 24.5 Å². The first kappa shape index (κ1) is 17.1. The predicted octanol–water partition coefficient (Wildman–Crippen LogP) is 3.58. The van der Waals surface area contributed by atoms with Crippen LogP contribution in [-0.4, -0.2) is 40.0 Å². The van der Waals surface area contributed by atoms with E-state index in [-0.39, 0.29) is 17.5 Å². The molecule has 0 bridgehead atoms. The van der Waals surface area contributed by atoms with Gasteiger partial charge in [-0.1, -0.05) is 43.2 Å². The third kappa shape index (κ3) is 3.71. The van der Waals surface area contributed by atoms with E-state index in [1.54, 1.807) is 4.90 Å². The SMILES string of the molecule is CN(C(=O)c1cncc(C(=O)O)c1)C1CCCCC1c1ccccc1. The van der Waals surface area contributed by atoms with Gasteiger partial charge in [0.2, 0.25) is 0 Å². The van der Waals surface area contributed by atoms with E-state index in [0.29, 0.717) is 11.5 Å². The van der Waals surface area contributed by atoms with Crippen LogP contribution in [0.15, 0.2) is 48.8 Å². The second-order valence-corrected chi connectivity index (χ2v) is 6.55. The molecule has 2 atom stereocenters. The van der Waals surface area contributed by atoms with Gasteiger partial charge in [0, 0.05) is 31.4 Å². The van der Waals surface area contributed by atoms with Crippen molar-refractivity contribution in [1.29, 1.82) is 0 Å². The standard InChI is InChI=1S/C20H22N2O3/c1-22(19(23)15-11-16(20(24)25)13-21-12-15)18-10-6-5-9-17(18)14-7-3-2-4-8-14/h2-4,7-8,11-13,17-18H,5-6,9-10H2,1H3,(H,24,25). The quantitative estimate of drug-likeness (QED) is 0.925. The minimum Gasteiger partial charge on any atom is -0.478 e. The fourth-order valence-electron chi connectivity index (χ4n) is 3.69. The number of hydrogen-bond donors (Lipinski definition) is 1. The molecular formula is C20H22N2O3. The summed E-state index contributed by atoms with van der Waals surface area (Å²) in [6, 6.07) is 11.8. The highest BCUT2D eigenvalue weighted by atomic mass is 16.4. The molecule has 3 rings (SSSR count). The van der Waals surface area contributed by atoms with Crippen molar-refractivity contribution in [3.05, 3.63) is 65.5 Å². The van der Waals surface area contributed by atoms with Crippen LogP contribution in [0.25, 0.3) is 0 Å². The van der Waals surface area contributed by atoms with Crippen LogP contribution in [0.5, 0.6) is 0 Å². The van der Waals surface area contributed by atoms with Gasteiger partial charge < -0.3 is 10.0 Å². The van der Waals surface area contributed by atoms with Crippen molar-refractivity contribution in [1.82, 2.24) is 9.88 Å². The number of pyridine rings is 1. The van der Waals surface area contributed by atoms with Crippen LogP contribution in [0.4, 0.5) is 0 Å². The lowest BCUT2D eigenvalue weighted by atomic mass is 9.79. The second-order valence-electron chi connectivity index (χ2n) is 6.55. The molecule has 5 heteroatoms. The number of nitrogens with zero attached hydrogens (tertiary/aromatic N) is 2. The zero-order valence-electron chi connectivity index (χ0n) is 14.3. The lowest BCUT2D eigenvalue weighted by Gasteiger charge is -2.38. The summed E-state index contributed by atoms with van der Waals surface area (Å²) in [6.07, 6.45) is 6.96. The Morgan fingerprint density at radius 2 is 1.76 bits per heavy atom. The molecule has 1 amide bonds. The molecular weight excluding hydrogens is 316 g/mol. The number of carbonyl (C=O) groups excluding carboxylic acids is 1. The normalized spacial score (nSPS) is 20.0. The van der Waals surface area contributed by atoms with Gasteiger partial charge in [0.1, 0.15) is 0 Å². The molecule has 0 saturated heterocycles. The summed E-state index contributed by atoms with van der Waals surface area (Å²) in [4.78, 5) is 29.7. The maximum Gasteiger partial charge on any atom is 0.337 e. The summed E-state index contributed by atoms with van der Waals surface area (Å²) < 4.78 is 0. The molecule has 0 aliphatic heterocycles. The third-order valence-corrected chi connectivity index (χ3v) is 5.01.